The summed E-state index contributed by atoms with van der Waals surface area (Å²) >= 11 is 0. The predicted octanol–water partition coefficient (Wildman–Crippen LogP) is 19.0. The molecule has 0 N–H and O–H groups in total. The minimum atomic E-state index is -0.507. The van der Waals surface area contributed by atoms with Gasteiger partial charge in [-0.15, -0.1) is 0 Å². The predicted molar refractivity (Wildman–Crippen MR) is 315 cm³/mol. The number of para-hydroxylation sites is 2. The Kier molecular flexibility index (Phi) is 10.9. The van der Waals surface area contributed by atoms with Gasteiger partial charge in [-0.2, -0.15) is 0 Å². The van der Waals surface area contributed by atoms with Gasteiger partial charge in [-0.05, 0) is 134 Å². The van der Waals surface area contributed by atoms with Crippen molar-refractivity contribution in [2.75, 3.05) is 4.90 Å². The maximum atomic E-state index is 2.51. The number of fused-ring (bicyclic) bond motifs is 6. The first kappa shape index (κ1) is 44.2. The SMILES string of the molecule is C1=CC(c2ccccc2-c2ccc3c4ccccc4n(-c4ccc5c(c4)C(c4ccccc4)(c4ccccc4)c4ccccc4-5)c3c2)=C(N(c2ccccc2)c2ccc(-c3ccccc3)c(-c3ccccc3)c2)CC1. The molecule has 75 heavy (non-hydrogen) atoms. The van der Waals surface area contributed by atoms with Gasteiger partial charge in [0, 0.05) is 39.1 Å². The van der Waals surface area contributed by atoms with Crippen molar-refractivity contribution in [1.29, 1.82) is 0 Å². The molecule has 0 spiro atoms. The summed E-state index contributed by atoms with van der Waals surface area (Å²) in [6, 6.07) is 103. The maximum absolute atomic E-state index is 2.51. The summed E-state index contributed by atoms with van der Waals surface area (Å²) in [5, 5.41) is 2.47. The number of benzene rings is 11. The Morgan fingerprint density at radius 3 is 1.61 bits per heavy atom. The van der Waals surface area contributed by atoms with E-state index in [1.54, 1.807) is 0 Å². The van der Waals surface area contributed by atoms with E-state index in [-0.39, 0.29) is 0 Å². The van der Waals surface area contributed by atoms with E-state index in [2.05, 4.69) is 301 Å². The van der Waals surface area contributed by atoms with Crippen LogP contribution >= 0.6 is 0 Å². The number of rotatable bonds is 10. The molecule has 0 aliphatic heterocycles. The van der Waals surface area contributed by atoms with Crippen LogP contribution in [-0.2, 0) is 5.41 Å². The van der Waals surface area contributed by atoms with Crippen LogP contribution in [0.15, 0.2) is 297 Å². The molecular weight excluding hydrogens is 905 g/mol. The molecule has 0 fully saturated rings. The highest BCUT2D eigenvalue weighted by Crippen LogP contribution is 2.57. The van der Waals surface area contributed by atoms with Crippen LogP contribution < -0.4 is 4.90 Å². The lowest BCUT2D eigenvalue weighted by molar-refractivity contribution is 0.767. The molecule has 1 aromatic heterocycles. The van der Waals surface area contributed by atoms with Crippen molar-refractivity contribution in [3.8, 4) is 50.2 Å². The fourth-order valence-corrected chi connectivity index (χ4v) is 12.5. The number of allylic oxidation sites excluding steroid dienone is 4. The third kappa shape index (κ3) is 7.32. The second-order valence-corrected chi connectivity index (χ2v) is 19.8. The van der Waals surface area contributed by atoms with Gasteiger partial charge in [0.1, 0.15) is 0 Å². The molecule has 2 aliphatic carbocycles. The molecule has 0 amide bonds. The molecule has 0 radical (unpaired) electrons. The van der Waals surface area contributed by atoms with Crippen LogP contribution in [0.4, 0.5) is 11.4 Å². The smallest absolute Gasteiger partial charge is 0.0714 e. The molecule has 0 bridgehead atoms. The molecule has 0 atom stereocenters. The van der Waals surface area contributed by atoms with Gasteiger partial charge >= 0.3 is 0 Å². The van der Waals surface area contributed by atoms with E-state index in [0.29, 0.717) is 0 Å². The molecular formula is C73H52N2. The van der Waals surface area contributed by atoms with E-state index >= 15 is 0 Å². The van der Waals surface area contributed by atoms with E-state index in [9.17, 15) is 0 Å². The van der Waals surface area contributed by atoms with Gasteiger partial charge in [0.2, 0.25) is 0 Å². The molecule has 354 valence electrons. The van der Waals surface area contributed by atoms with E-state index in [4.69, 9.17) is 0 Å². The Morgan fingerprint density at radius 2 is 0.893 bits per heavy atom. The van der Waals surface area contributed by atoms with Crippen molar-refractivity contribution < 1.29 is 0 Å². The number of hydrogen-bond acceptors (Lipinski definition) is 1. The fraction of sp³-hybridized carbons (Fsp3) is 0.0411. The van der Waals surface area contributed by atoms with Crippen LogP contribution in [0.2, 0.25) is 0 Å². The normalized spacial score (nSPS) is 13.5. The second-order valence-electron chi connectivity index (χ2n) is 19.8. The van der Waals surface area contributed by atoms with Gasteiger partial charge in [0.15, 0.2) is 0 Å². The maximum Gasteiger partial charge on any atom is 0.0714 e. The van der Waals surface area contributed by atoms with Gasteiger partial charge in [0.05, 0.1) is 16.4 Å². The summed E-state index contributed by atoms with van der Waals surface area (Å²) in [6.45, 7) is 0. The molecule has 2 aliphatic rings. The summed E-state index contributed by atoms with van der Waals surface area (Å²) in [7, 11) is 0. The molecule has 12 aromatic rings. The van der Waals surface area contributed by atoms with Gasteiger partial charge in [-0.3, -0.25) is 0 Å². The van der Waals surface area contributed by atoms with Crippen molar-refractivity contribution in [2.45, 2.75) is 18.3 Å². The summed E-state index contributed by atoms with van der Waals surface area (Å²) in [5.74, 6) is 0. The first-order valence-corrected chi connectivity index (χ1v) is 26.2. The first-order chi connectivity index (χ1) is 37.2. The van der Waals surface area contributed by atoms with Crippen LogP contribution in [-0.4, -0.2) is 4.57 Å². The summed E-state index contributed by atoms with van der Waals surface area (Å²) in [5.41, 5.74) is 23.8. The van der Waals surface area contributed by atoms with Crippen molar-refractivity contribution in [2.24, 2.45) is 0 Å². The lowest BCUT2D eigenvalue weighted by Gasteiger charge is -2.34. The second kappa shape index (κ2) is 18.5. The Labute approximate surface area is 439 Å². The molecule has 2 nitrogen and oxygen atoms in total. The van der Waals surface area contributed by atoms with Crippen molar-refractivity contribution in [1.82, 2.24) is 4.57 Å². The highest BCUT2D eigenvalue weighted by Gasteiger charge is 2.46. The van der Waals surface area contributed by atoms with Crippen LogP contribution in [0.25, 0.3) is 77.6 Å². The van der Waals surface area contributed by atoms with Crippen molar-refractivity contribution >= 4 is 38.8 Å². The van der Waals surface area contributed by atoms with Crippen LogP contribution in [0.3, 0.4) is 0 Å². The lowest BCUT2D eigenvalue weighted by Crippen LogP contribution is -2.28. The largest absolute Gasteiger partial charge is 0.314 e. The van der Waals surface area contributed by atoms with Crippen LogP contribution in [0.1, 0.15) is 40.7 Å². The third-order valence-electron chi connectivity index (χ3n) is 15.8. The zero-order chi connectivity index (χ0) is 49.7. The standard InChI is InChI=1S/C73H52N2/c1-6-24-51(25-7-1)60-46-43-57(49-67(60)52-26-8-2-9-27-52)74(56-32-14-5-15-33-56)70-40-22-19-37-64(70)61-35-17-16-34-59(61)53-42-45-66-65-38-20-23-41-71(65)75(72(66)48-53)58-44-47-63-62-36-18-21-39-68(62)73(69(63)50-58,54-28-10-3-11-29-54)55-30-12-4-13-31-55/h1-21,23-39,41-50H,22,40H2. The topological polar surface area (TPSA) is 8.17 Å². The lowest BCUT2D eigenvalue weighted by atomic mass is 9.67. The summed E-state index contributed by atoms with van der Waals surface area (Å²) in [4.78, 5) is 2.51. The fourth-order valence-electron chi connectivity index (χ4n) is 12.5. The molecule has 14 rings (SSSR count). The highest BCUT2D eigenvalue weighted by atomic mass is 15.2. The number of hydrogen-bond donors (Lipinski definition) is 0. The highest BCUT2D eigenvalue weighted by molar-refractivity contribution is 6.11. The number of anilines is 2. The molecule has 2 heteroatoms. The van der Waals surface area contributed by atoms with E-state index in [1.807, 2.05) is 0 Å². The summed E-state index contributed by atoms with van der Waals surface area (Å²) < 4.78 is 2.51. The summed E-state index contributed by atoms with van der Waals surface area (Å²) in [6.07, 6.45) is 6.56. The average molecular weight is 957 g/mol. The molecule has 1 heterocycles. The van der Waals surface area contributed by atoms with Gasteiger partial charge in [0.25, 0.3) is 0 Å². The van der Waals surface area contributed by atoms with Gasteiger partial charge < -0.3 is 9.47 Å². The Hall–Kier alpha value is -9.50. The third-order valence-corrected chi connectivity index (χ3v) is 15.8. The monoisotopic (exact) mass is 956 g/mol. The zero-order valence-electron chi connectivity index (χ0n) is 41.5. The molecule has 0 saturated carbocycles. The Bertz CT molecular complexity index is 4110. The Morgan fingerprint density at radius 1 is 0.347 bits per heavy atom. The van der Waals surface area contributed by atoms with E-state index < -0.39 is 5.41 Å². The Balaban J connectivity index is 0.953. The minimum absolute atomic E-state index is 0.507. The quantitative estimate of drug-likeness (QED) is 0.133. The van der Waals surface area contributed by atoms with Gasteiger partial charge in [-0.25, -0.2) is 0 Å². The van der Waals surface area contributed by atoms with Crippen LogP contribution in [0.5, 0.6) is 0 Å². The van der Waals surface area contributed by atoms with E-state index in [1.165, 1.54) is 105 Å². The average Bonchev–Trinajstić information content (AvgIpc) is 4.03. The van der Waals surface area contributed by atoms with Crippen LogP contribution in [0, 0.1) is 0 Å². The first-order valence-electron chi connectivity index (χ1n) is 26.2. The molecule has 0 unspecified atom stereocenters. The molecule has 11 aromatic carbocycles. The number of aromatic nitrogens is 1. The molecule has 0 saturated heterocycles. The zero-order valence-corrected chi connectivity index (χ0v) is 41.5. The minimum Gasteiger partial charge on any atom is -0.314 e. The van der Waals surface area contributed by atoms with Crippen molar-refractivity contribution in [3.63, 3.8) is 0 Å². The van der Waals surface area contributed by atoms with E-state index in [0.717, 1.165) is 29.9 Å². The van der Waals surface area contributed by atoms with Gasteiger partial charge in [-0.1, -0.05) is 243 Å². The number of nitrogens with zero attached hydrogens (tertiary/aromatic N) is 2. The van der Waals surface area contributed by atoms with Crippen molar-refractivity contribution in [3.05, 3.63) is 325 Å².